The van der Waals surface area contributed by atoms with Crippen LogP contribution in [0.15, 0.2) is 35.5 Å². The number of rotatable bonds is 5. The van der Waals surface area contributed by atoms with Crippen LogP contribution in [0.5, 0.6) is 0 Å². The quantitative estimate of drug-likeness (QED) is 0.374. The number of nitrogens with zero attached hydrogens (tertiary/aromatic N) is 4. The van der Waals surface area contributed by atoms with Gasteiger partial charge in [0.05, 0.1) is 16.2 Å². The number of H-pyrrole nitrogens is 1. The van der Waals surface area contributed by atoms with Gasteiger partial charge in [0.25, 0.3) is 0 Å². The van der Waals surface area contributed by atoms with Gasteiger partial charge >= 0.3 is 12.3 Å². The van der Waals surface area contributed by atoms with Crippen LogP contribution in [0, 0.1) is 0 Å². The smallest absolute Gasteiger partial charge is 0.419 e. The molecule has 0 aliphatic carbocycles. The van der Waals surface area contributed by atoms with Crippen LogP contribution >= 0.6 is 0 Å². The van der Waals surface area contributed by atoms with E-state index < -0.39 is 39.1 Å². The molecule has 43 heavy (non-hydrogen) atoms. The first kappa shape index (κ1) is 31.0. The first-order chi connectivity index (χ1) is 19.9. The molecule has 0 spiro atoms. The zero-order valence-electron chi connectivity index (χ0n) is 24.3. The molecule has 0 bridgehead atoms. The number of carbonyl (C=O) groups excluding carboxylic acids is 1. The van der Waals surface area contributed by atoms with E-state index in [1.54, 1.807) is 32.6 Å². The van der Waals surface area contributed by atoms with Crippen LogP contribution in [0.3, 0.4) is 0 Å². The summed E-state index contributed by atoms with van der Waals surface area (Å²) in [6.07, 6.45) is -1.55. The number of aromatic amines is 1. The molecule has 0 radical (unpaired) electrons. The van der Waals surface area contributed by atoms with Gasteiger partial charge in [-0.1, -0.05) is 6.07 Å². The number of β-amino-alcohol motifs (C(OH)–C–C–N with tert-alkyl or cyclic N) is 1. The van der Waals surface area contributed by atoms with Crippen LogP contribution in [0.25, 0.3) is 22.2 Å². The van der Waals surface area contributed by atoms with Crippen molar-refractivity contribution in [3.8, 4) is 11.3 Å². The number of likely N-dealkylation sites (tertiary alicyclic amines) is 1. The molecule has 1 aromatic carbocycles. The SMILES string of the molecule is CC1(O)CCN(S(=O)(=O)c2ccc3c(-c4nc(N[C@H]5CCCN(C(=O)OC(C)(C)C)C5)ncc4C(F)(F)F)c[nH]c3c2)C1. The van der Waals surface area contributed by atoms with Crippen LogP contribution in [-0.4, -0.2) is 87.2 Å². The summed E-state index contributed by atoms with van der Waals surface area (Å²) in [4.78, 5) is 25.1. The number of fused-ring (bicyclic) bond motifs is 1. The number of amides is 1. The second kappa shape index (κ2) is 10.9. The maximum atomic E-state index is 14.1. The number of ether oxygens (including phenoxy) is 1. The normalized spacial score (nSPS) is 22.2. The number of aromatic nitrogens is 3. The van der Waals surface area contributed by atoms with Gasteiger partial charge in [0.1, 0.15) is 11.2 Å². The van der Waals surface area contributed by atoms with Gasteiger partial charge in [0.2, 0.25) is 16.0 Å². The molecule has 1 amide bonds. The Labute approximate surface area is 247 Å². The number of anilines is 1. The number of nitrogens with one attached hydrogen (secondary N) is 2. The number of carbonyl (C=O) groups is 1. The van der Waals surface area contributed by atoms with Gasteiger partial charge in [-0.15, -0.1) is 0 Å². The molecule has 11 nitrogen and oxygen atoms in total. The maximum absolute atomic E-state index is 14.1. The fourth-order valence-corrected chi connectivity index (χ4v) is 6.94. The number of piperidine rings is 1. The highest BCUT2D eigenvalue weighted by Gasteiger charge is 2.39. The Kier molecular flexibility index (Phi) is 7.88. The van der Waals surface area contributed by atoms with Crippen LogP contribution in [-0.2, 0) is 20.9 Å². The summed E-state index contributed by atoms with van der Waals surface area (Å²) in [5, 5.41) is 13.6. The number of halogens is 3. The summed E-state index contributed by atoms with van der Waals surface area (Å²) in [7, 11) is -3.93. The molecule has 15 heteroatoms. The minimum Gasteiger partial charge on any atom is -0.444 e. The van der Waals surface area contributed by atoms with E-state index in [1.807, 2.05) is 0 Å². The molecule has 2 saturated heterocycles. The third-order valence-electron chi connectivity index (χ3n) is 7.46. The molecule has 2 fully saturated rings. The van der Waals surface area contributed by atoms with E-state index in [0.29, 0.717) is 36.7 Å². The molecule has 3 aromatic rings. The lowest BCUT2D eigenvalue weighted by Crippen LogP contribution is -2.47. The predicted octanol–water partition coefficient (Wildman–Crippen LogP) is 4.60. The largest absolute Gasteiger partial charge is 0.444 e. The zero-order chi connectivity index (χ0) is 31.4. The average Bonchev–Trinajstić information content (AvgIpc) is 3.50. The van der Waals surface area contributed by atoms with E-state index in [4.69, 9.17) is 4.74 Å². The fraction of sp³-hybridized carbons (Fsp3) is 0.536. The van der Waals surface area contributed by atoms with E-state index in [-0.39, 0.29) is 47.8 Å². The van der Waals surface area contributed by atoms with Crippen molar-refractivity contribution in [3.05, 3.63) is 36.2 Å². The van der Waals surface area contributed by atoms with Crippen molar-refractivity contribution in [2.45, 2.75) is 75.3 Å². The Morgan fingerprint density at radius 2 is 1.98 bits per heavy atom. The van der Waals surface area contributed by atoms with Gasteiger partial charge in [0.15, 0.2) is 0 Å². The molecular formula is C28H35F3N6O5S. The second-order valence-electron chi connectivity index (χ2n) is 12.4. The lowest BCUT2D eigenvalue weighted by Gasteiger charge is -2.34. The third kappa shape index (κ3) is 6.73. The highest BCUT2D eigenvalue weighted by molar-refractivity contribution is 7.89. The standard InChI is InChI=1S/C28H35F3N6O5S/c1-26(2,3)42-25(38)36-10-5-6-17(15-36)34-24-33-14-21(28(29,30)31)23(35-24)20-13-32-22-12-18(7-8-19(20)22)43(40,41)37-11-9-27(4,39)16-37/h7-8,12-14,17,32,39H,5-6,9-11,15-16H2,1-4H3,(H,33,34,35)/t17-,27?/m0/s1. The van der Waals surface area contributed by atoms with Crippen molar-refractivity contribution in [2.24, 2.45) is 0 Å². The van der Waals surface area contributed by atoms with E-state index in [9.17, 15) is 31.5 Å². The monoisotopic (exact) mass is 624 g/mol. The van der Waals surface area contributed by atoms with Crippen molar-refractivity contribution in [1.29, 1.82) is 0 Å². The molecule has 2 aliphatic heterocycles. The molecule has 234 valence electrons. The van der Waals surface area contributed by atoms with Crippen LogP contribution in [0.2, 0.25) is 0 Å². The van der Waals surface area contributed by atoms with Crippen molar-refractivity contribution in [2.75, 3.05) is 31.5 Å². The van der Waals surface area contributed by atoms with Crippen molar-refractivity contribution >= 4 is 33.0 Å². The summed E-state index contributed by atoms with van der Waals surface area (Å²) in [5.41, 5.74) is -2.78. The highest BCUT2D eigenvalue weighted by Crippen LogP contribution is 2.39. The molecule has 1 unspecified atom stereocenters. The average molecular weight is 625 g/mol. The maximum Gasteiger partial charge on any atom is 0.419 e. The molecule has 2 atom stereocenters. The van der Waals surface area contributed by atoms with E-state index in [0.717, 1.165) is 6.20 Å². The number of aliphatic hydroxyl groups is 1. The Morgan fingerprint density at radius 1 is 1.23 bits per heavy atom. The number of alkyl halides is 3. The lowest BCUT2D eigenvalue weighted by atomic mass is 10.1. The second-order valence-corrected chi connectivity index (χ2v) is 14.3. The summed E-state index contributed by atoms with van der Waals surface area (Å²) < 4.78 is 75.3. The van der Waals surface area contributed by atoms with Crippen LogP contribution in [0.4, 0.5) is 23.9 Å². The zero-order valence-corrected chi connectivity index (χ0v) is 25.1. The number of hydrogen-bond donors (Lipinski definition) is 3. The Hall–Kier alpha value is -3.43. The first-order valence-electron chi connectivity index (χ1n) is 14.0. The third-order valence-corrected chi connectivity index (χ3v) is 9.30. The molecular weight excluding hydrogens is 589 g/mol. The molecule has 5 rings (SSSR count). The van der Waals surface area contributed by atoms with Crippen LogP contribution in [0.1, 0.15) is 52.5 Å². The fourth-order valence-electron chi connectivity index (χ4n) is 5.35. The van der Waals surface area contributed by atoms with Crippen molar-refractivity contribution in [3.63, 3.8) is 0 Å². The molecule has 3 N–H and O–H groups in total. The molecule has 2 aliphatic rings. The van der Waals surface area contributed by atoms with Crippen molar-refractivity contribution in [1.82, 2.24) is 24.2 Å². The summed E-state index contributed by atoms with van der Waals surface area (Å²) in [5.74, 6) is -0.0336. The minimum absolute atomic E-state index is 0.0336. The topological polar surface area (TPSA) is 141 Å². The van der Waals surface area contributed by atoms with E-state index in [2.05, 4.69) is 20.3 Å². The van der Waals surface area contributed by atoms with Gasteiger partial charge in [0, 0.05) is 61.1 Å². The van der Waals surface area contributed by atoms with E-state index in [1.165, 1.54) is 28.7 Å². The lowest BCUT2D eigenvalue weighted by molar-refractivity contribution is -0.137. The predicted molar refractivity (Wildman–Crippen MR) is 153 cm³/mol. The number of hydrogen-bond acceptors (Lipinski definition) is 8. The van der Waals surface area contributed by atoms with Gasteiger partial charge < -0.3 is 25.0 Å². The highest BCUT2D eigenvalue weighted by atomic mass is 32.2. The van der Waals surface area contributed by atoms with E-state index >= 15 is 0 Å². The number of sulfonamides is 1. The Bertz CT molecular complexity index is 1630. The van der Waals surface area contributed by atoms with Crippen LogP contribution < -0.4 is 5.32 Å². The minimum atomic E-state index is -4.76. The Morgan fingerprint density at radius 3 is 2.63 bits per heavy atom. The molecule has 2 aromatic heterocycles. The molecule has 4 heterocycles. The van der Waals surface area contributed by atoms with Gasteiger partial charge in [-0.05, 0) is 59.1 Å². The Balaban J connectivity index is 1.43. The van der Waals surface area contributed by atoms with Crippen molar-refractivity contribution < 1.29 is 36.2 Å². The molecule has 0 saturated carbocycles. The summed E-state index contributed by atoms with van der Waals surface area (Å²) >= 11 is 0. The van der Waals surface area contributed by atoms with Gasteiger partial charge in [-0.2, -0.15) is 17.5 Å². The van der Waals surface area contributed by atoms with Gasteiger partial charge in [-0.25, -0.2) is 23.2 Å². The van der Waals surface area contributed by atoms with Gasteiger partial charge in [-0.3, -0.25) is 0 Å². The number of benzene rings is 1. The summed E-state index contributed by atoms with van der Waals surface area (Å²) in [6.45, 7) is 7.75. The first-order valence-corrected chi connectivity index (χ1v) is 15.4. The summed E-state index contributed by atoms with van der Waals surface area (Å²) in [6, 6.07) is 3.83.